The predicted molar refractivity (Wildman–Crippen MR) is 145 cm³/mol. The van der Waals surface area contributed by atoms with Gasteiger partial charge in [0.2, 0.25) is 0 Å². The van der Waals surface area contributed by atoms with E-state index < -0.39 is 34.0 Å². The number of nitrogens with one attached hydrogen (secondary N) is 1. The third-order valence-corrected chi connectivity index (χ3v) is 6.14. The van der Waals surface area contributed by atoms with E-state index in [1.807, 2.05) is 51.1 Å². The van der Waals surface area contributed by atoms with E-state index in [1.165, 1.54) is 19.2 Å². The monoisotopic (exact) mass is 529 g/mol. The number of barbiturate groups is 1. The van der Waals surface area contributed by atoms with E-state index in [9.17, 15) is 24.5 Å². The number of nitro groups is 1. The summed E-state index contributed by atoms with van der Waals surface area (Å²) in [5.74, 6) is -1.60. The molecule has 1 aliphatic rings. The van der Waals surface area contributed by atoms with Crippen molar-refractivity contribution in [1.82, 2.24) is 5.32 Å². The lowest BCUT2D eigenvalue weighted by molar-refractivity contribution is -0.385. The summed E-state index contributed by atoms with van der Waals surface area (Å²) < 4.78 is 11.1. The van der Waals surface area contributed by atoms with Crippen molar-refractivity contribution in [3.8, 4) is 11.5 Å². The SMILES string of the molecule is COc1cc(/C=C2/C(=O)NC(=O)N(c3ccc(C(C)(C)C)cc3)C2=O)c([N+](=O)[O-])cc1OCc1ccccc1. The van der Waals surface area contributed by atoms with Crippen LogP contribution in [0.4, 0.5) is 16.2 Å². The van der Waals surface area contributed by atoms with Gasteiger partial charge in [0.1, 0.15) is 12.2 Å². The van der Waals surface area contributed by atoms with E-state index in [0.29, 0.717) is 0 Å². The highest BCUT2D eigenvalue weighted by Crippen LogP contribution is 2.37. The van der Waals surface area contributed by atoms with Crippen LogP contribution >= 0.6 is 0 Å². The summed E-state index contributed by atoms with van der Waals surface area (Å²) in [5, 5.41) is 14.1. The number of carbonyl (C=O) groups is 3. The molecule has 10 nitrogen and oxygen atoms in total. The molecule has 0 saturated carbocycles. The number of hydrogen-bond donors (Lipinski definition) is 1. The van der Waals surface area contributed by atoms with Crippen molar-refractivity contribution in [1.29, 1.82) is 0 Å². The molecule has 1 N–H and O–H groups in total. The molecule has 39 heavy (non-hydrogen) atoms. The summed E-state index contributed by atoms with van der Waals surface area (Å²) in [4.78, 5) is 50.7. The number of nitro benzene ring substituents is 1. The molecule has 0 radical (unpaired) electrons. The van der Waals surface area contributed by atoms with E-state index >= 15 is 0 Å². The number of anilines is 1. The van der Waals surface area contributed by atoms with Gasteiger partial charge in [0.25, 0.3) is 17.5 Å². The second kappa shape index (κ2) is 10.8. The smallest absolute Gasteiger partial charge is 0.335 e. The van der Waals surface area contributed by atoms with Gasteiger partial charge in [-0.3, -0.25) is 25.0 Å². The first-order valence-corrected chi connectivity index (χ1v) is 12.0. The van der Waals surface area contributed by atoms with Crippen LogP contribution in [0.5, 0.6) is 11.5 Å². The number of amides is 4. The van der Waals surface area contributed by atoms with Gasteiger partial charge < -0.3 is 9.47 Å². The Balaban J connectivity index is 1.71. The molecule has 0 aromatic heterocycles. The van der Waals surface area contributed by atoms with Gasteiger partial charge in [-0.1, -0.05) is 63.2 Å². The number of ether oxygens (including phenoxy) is 2. The number of hydrogen-bond acceptors (Lipinski definition) is 7. The summed E-state index contributed by atoms with van der Waals surface area (Å²) in [6.07, 6.45) is 1.07. The summed E-state index contributed by atoms with van der Waals surface area (Å²) in [5.41, 5.74) is 1.00. The van der Waals surface area contributed by atoms with E-state index in [4.69, 9.17) is 9.47 Å². The van der Waals surface area contributed by atoms with Crippen molar-refractivity contribution in [2.24, 2.45) is 0 Å². The topological polar surface area (TPSA) is 128 Å². The molecule has 3 aromatic carbocycles. The number of nitrogens with zero attached hydrogens (tertiary/aromatic N) is 2. The molecule has 3 aromatic rings. The van der Waals surface area contributed by atoms with Crippen LogP contribution in [0.15, 0.2) is 72.3 Å². The molecular weight excluding hydrogens is 502 g/mol. The molecule has 1 aliphatic heterocycles. The Hall–Kier alpha value is -4.99. The Bertz CT molecular complexity index is 1470. The van der Waals surface area contributed by atoms with Crippen molar-refractivity contribution >= 4 is 35.3 Å². The summed E-state index contributed by atoms with van der Waals surface area (Å²) >= 11 is 0. The van der Waals surface area contributed by atoms with Crippen molar-refractivity contribution in [3.05, 3.63) is 99.1 Å². The second-order valence-corrected chi connectivity index (χ2v) is 9.85. The highest BCUT2D eigenvalue weighted by atomic mass is 16.6. The molecule has 1 saturated heterocycles. The number of methoxy groups -OCH3 is 1. The Morgan fingerprint density at radius 1 is 0.974 bits per heavy atom. The normalized spacial score (nSPS) is 14.8. The van der Waals surface area contributed by atoms with E-state index in [2.05, 4.69) is 5.32 Å². The lowest BCUT2D eigenvalue weighted by Gasteiger charge is -2.27. The molecule has 0 aliphatic carbocycles. The lowest BCUT2D eigenvalue weighted by Crippen LogP contribution is -2.54. The van der Waals surface area contributed by atoms with E-state index in [1.54, 1.807) is 24.3 Å². The van der Waals surface area contributed by atoms with Gasteiger partial charge in [0.05, 0.1) is 29.4 Å². The number of rotatable bonds is 7. The Kier molecular flexibility index (Phi) is 7.48. The summed E-state index contributed by atoms with van der Waals surface area (Å²) in [7, 11) is 1.37. The highest BCUT2D eigenvalue weighted by Gasteiger charge is 2.37. The zero-order valence-corrected chi connectivity index (χ0v) is 21.9. The maximum absolute atomic E-state index is 13.3. The third-order valence-electron chi connectivity index (χ3n) is 6.14. The van der Waals surface area contributed by atoms with Gasteiger partial charge in [-0.05, 0) is 40.8 Å². The van der Waals surface area contributed by atoms with Crippen LogP contribution in [-0.4, -0.2) is 29.9 Å². The Morgan fingerprint density at radius 2 is 1.64 bits per heavy atom. The molecule has 4 amide bonds. The van der Waals surface area contributed by atoms with Gasteiger partial charge in [-0.2, -0.15) is 0 Å². The second-order valence-electron chi connectivity index (χ2n) is 9.85. The van der Waals surface area contributed by atoms with Gasteiger partial charge in [0.15, 0.2) is 11.5 Å². The average Bonchev–Trinajstić information content (AvgIpc) is 2.90. The summed E-state index contributed by atoms with van der Waals surface area (Å²) in [6.45, 7) is 6.22. The molecule has 0 bridgehead atoms. The first-order chi connectivity index (χ1) is 18.5. The minimum atomic E-state index is -0.967. The standard InChI is InChI=1S/C29H27N3O7/c1-29(2,3)20-10-12-21(13-11-20)31-27(34)22(26(33)30-28(31)35)14-19-15-24(38-4)25(16-23(19)32(36)37)39-17-18-8-6-5-7-9-18/h5-16H,17H2,1-4H3,(H,30,33,35)/b22-14-. The Morgan fingerprint density at radius 3 is 2.23 bits per heavy atom. The van der Waals surface area contributed by atoms with Crippen LogP contribution in [-0.2, 0) is 21.6 Å². The highest BCUT2D eigenvalue weighted by molar-refractivity contribution is 6.39. The van der Waals surface area contributed by atoms with E-state index in [0.717, 1.165) is 22.1 Å². The molecule has 0 spiro atoms. The van der Waals surface area contributed by atoms with Crippen LogP contribution in [0.3, 0.4) is 0 Å². The molecule has 200 valence electrons. The molecule has 1 heterocycles. The van der Waals surface area contributed by atoms with Crippen LogP contribution < -0.4 is 19.7 Å². The molecule has 0 atom stereocenters. The number of imide groups is 2. The van der Waals surface area contributed by atoms with Gasteiger partial charge >= 0.3 is 6.03 Å². The first-order valence-electron chi connectivity index (χ1n) is 12.0. The molecule has 4 rings (SSSR count). The zero-order chi connectivity index (χ0) is 28.3. The fraction of sp³-hybridized carbons (Fsp3) is 0.207. The van der Waals surface area contributed by atoms with Gasteiger partial charge in [0, 0.05) is 0 Å². The van der Waals surface area contributed by atoms with Crippen molar-refractivity contribution in [2.45, 2.75) is 32.8 Å². The minimum Gasteiger partial charge on any atom is -0.493 e. The fourth-order valence-corrected chi connectivity index (χ4v) is 4.00. The van der Waals surface area contributed by atoms with Crippen molar-refractivity contribution in [3.63, 3.8) is 0 Å². The predicted octanol–water partition coefficient (Wildman–Crippen LogP) is 5.15. The van der Waals surface area contributed by atoms with Crippen LogP contribution in [0.2, 0.25) is 0 Å². The van der Waals surface area contributed by atoms with Gasteiger partial charge in [-0.15, -0.1) is 0 Å². The molecule has 10 heteroatoms. The maximum Gasteiger partial charge on any atom is 0.335 e. The van der Waals surface area contributed by atoms with E-state index in [-0.39, 0.29) is 34.8 Å². The zero-order valence-electron chi connectivity index (χ0n) is 21.9. The fourth-order valence-electron chi connectivity index (χ4n) is 4.00. The largest absolute Gasteiger partial charge is 0.493 e. The first kappa shape index (κ1) is 27.1. The van der Waals surface area contributed by atoms with Crippen LogP contribution in [0.1, 0.15) is 37.5 Å². The molecule has 0 unspecified atom stereocenters. The number of carbonyl (C=O) groups excluding carboxylic acids is 3. The lowest BCUT2D eigenvalue weighted by atomic mass is 9.87. The molecular formula is C29H27N3O7. The number of urea groups is 1. The molecule has 1 fully saturated rings. The summed E-state index contributed by atoms with van der Waals surface area (Å²) in [6, 6.07) is 17.6. The minimum absolute atomic E-state index is 0.0696. The Labute approximate surface area is 225 Å². The van der Waals surface area contributed by atoms with Crippen LogP contribution in [0.25, 0.3) is 6.08 Å². The maximum atomic E-state index is 13.3. The quantitative estimate of drug-likeness (QED) is 0.194. The van der Waals surface area contributed by atoms with Crippen molar-refractivity contribution < 1.29 is 28.8 Å². The van der Waals surface area contributed by atoms with Gasteiger partial charge in [-0.25, -0.2) is 9.69 Å². The third kappa shape index (κ3) is 5.80. The van der Waals surface area contributed by atoms with Crippen molar-refractivity contribution in [2.75, 3.05) is 12.0 Å². The van der Waals surface area contributed by atoms with Crippen LogP contribution in [0, 0.1) is 10.1 Å². The number of benzene rings is 3. The average molecular weight is 530 g/mol.